The van der Waals surface area contributed by atoms with E-state index in [2.05, 4.69) is 16.3 Å². The Bertz CT molecular complexity index is 969. The molecule has 7 heteroatoms. The van der Waals surface area contributed by atoms with Crippen LogP contribution in [0.5, 0.6) is 0 Å². The molecule has 0 bridgehead atoms. The fourth-order valence-electron chi connectivity index (χ4n) is 3.81. The lowest BCUT2D eigenvalue weighted by atomic mass is 10.0. The van der Waals surface area contributed by atoms with E-state index in [-0.39, 0.29) is 12.5 Å². The second kappa shape index (κ2) is 10.1. The number of carbonyl (C=O) groups is 1. The molecule has 0 aliphatic carbocycles. The number of carbonyl (C=O) groups excluding carboxylic acids is 1. The monoisotopic (exact) mass is 429 g/mol. The van der Waals surface area contributed by atoms with Gasteiger partial charge in [0.1, 0.15) is 6.54 Å². The Morgan fingerprint density at radius 1 is 1.03 bits per heavy atom. The third-order valence-electron chi connectivity index (χ3n) is 5.41. The van der Waals surface area contributed by atoms with Gasteiger partial charge in [0.15, 0.2) is 0 Å². The predicted octanol–water partition coefficient (Wildman–Crippen LogP) is 3.06. The Morgan fingerprint density at radius 2 is 1.73 bits per heavy atom. The zero-order valence-corrected chi connectivity index (χ0v) is 18.6. The van der Waals surface area contributed by atoms with Crippen molar-refractivity contribution < 1.29 is 13.2 Å². The van der Waals surface area contributed by atoms with E-state index in [0.717, 1.165) is 41.3 Å². The zero-order chi connectivity index (χ0) is 21.6. The van der Waals surface area contributed by atoms with E-state index in [1.54, 1.807) is 18.2 Å². The van der Waals surface area contributed by atoms with E-state index in [0.29, 0.717) is 12.2 Å². The number of hydrogen-bond donors (Lipinski definition) is 1. The van der Waals surface area contributed by atoms with Gasteiger partial charge in [-0.15, -0.1) is 0 Å². The number of nitrogens with zero attached hydrogens (tertiary/aromatic N) is 2. The lowest BCUT2D eigenvalue weighted by Gasteiger charge is -2.27. The number of amides is 1. The summed E-state index contributed by atoms with van der Waals surface area (Å²) in [5.74, 6) is -0.324. The highest BCUT2D eigenvalue weighted by Crippen LogP contribution is 2.19. The summed E-state index contributed by atoms with van der Waals surface area (Å²) >= 11 is 0. The minimum atomic E-state index is -3.57. The number of nitrogens with one attached hydrogen (secondary N) is 1. The van der Waals surface area contributed by atoms with Gasteiger partial charge in [-0.3, -0.25) is 14.0 Å². The highest BCUT2D eigenvalue weighted by atomic mass is 32.2. The summed E-state index contributed by atoms with van der Waals surface area (Å²) < 4.78 is 25.7. The first-order chi connectivity index (χ1) is 14.3. The van der Waals surface area contributed by atoms with Gasteiger partial charge >= 0.3 is 0 Å². The quantitative estimate of drug-likeness (QED) is 0.700. The lowest BCUT2D eigenvalue weighted by Crippen LogP contribution is -2.40. The van der Waals surface area contributed by atoms with Crippen LogP contribution in [0.2, 0.25) is 0 Å². The molecular formula is C23H31N3O3S. The van der Waals surface area contributed by atoms with Gasteiger partial charge in [-0.1, -0.05) is 42.8 Å². The van der Waals surface area contributed by atoms with Crippen LogP contribution in [0.3, 0.4) is 0 Å². The Hall–Kier alpha value is -2.38. The van der Waals surface area contributed by atoms with Gasteiger partial charge in [0.2, 0.25) is 15.9 Å². The van der Waals surface area contributed by atoms with Crippen molar-refractivity contribution in [3.8, 4) is 0 Å². The van der Waals surface area contributed by atoms with Gasteiger partial charge in [-0.25, -0.2) is 8.42 Å². The highest BCUT2D eigenvalue weighted by Gasteiger charge is 2.21. The molecule has 1 fully saturated rings. The standard InChI is InChI=1S/C23H31N3O3S/c1-19-9-8-12-22(15-19)26(30(2,28)29)18-23(27)24-16-20-10-4-5-11-21(20)17-25-13-6-3-7-14-25/h4-5,8-12,15H,3,6-7,13-14,16-18H2,1-2H3,(H,24,27). The van der Waals surface area contributed by atoms with E-state index in [4.69, 9.17) is 0 Å². The second-order valence-electron chi connectivity index (χ2n) is 7.99. The first kappa shape index (κ1) is 22.3. The largest absolute Gasteiger partial charge is 0.350 e. The van der Waals surface area contributed by atoms with E-state index in [1.807, 2.05) is 31.2 Å². The number of piperidine rings is 1. The maximum Gasteiger partial charge on any atom is 0.241 e. The molecule has 1 amide bonds. The molecule has 2 aromatic rings. The summed E-state index contributed by atoms with van der Waals surface area (Å²) in [6, 6.07) is 15.3. The number of likely N-dealkylation sites (tertiary alicyclic amines) is 1. The number of anilines is 1. The maximum atomic E-state index is 12.6. The SMILES string of the molecule is Cc1cccc(N(CC(=O)NCc2ccccc2CN2CCCCC2)S(C)(=O)=O)c1. The lowest BCUT2D eigenvalue weighted by molar-refractivity contribution is -0.119. The summed E-state index contributed by atoms with van der Waals surface area (Å²) in [5.41, 5.74) is 3.71. The smallest absolute Gasteiger partial charge is 0.241 e. The molecule has 0 atom stereocenters. The summed E-state index contributed by atoms with van der Waals surface area (Å²) in [7, 11) is -3.57. The molecular weight excluding hydrogens is 398 g/mol. The summed E-state index contributed by atoms with van der Waals surface area (Å²) in [6.07, 6.45) is 4.89. The fraction of sp³-hybridized carbons (Fsp3) is 0.435. The number of benzene rings is 2. The summed E-state index contributed by atoms with van der Waals surface area (Å²) in [5, 5.41) is 2.90. The third-order valence-corrected chi connectivity index (χ3v) is 6.55. The van der Waals surface area contributed by atoms with Crippen molar-refractivity contribution in [2.24, 2.45) is 0 Å². The molecule has 1 saturated heterocycles. The number of rotatable bonds is 8. The summed E-state index contributed by atoms with van der Waals surface area (Å²) in [6.45, 7) is 5.14. The van der Waals surface area contributed by atoms with Crippen molar-refractivity contribution in [2.75, 3.05) is 30.2 Å². The van der Waals surface area contributed by atoms with E-state index < -0.39 is 10.0 Å². The second-order valence-corrected chi connectivity index (χ2v) is 9.90. The van der Waals surface area contributed by atoms with Gasteiger partial charge in [0.05, 0.1) is 11.9 Å². The van der Waals surface area contributed by atoms with Gasteiger partial charge in [0, 0.05) is 13.1 Å². The van der Waals surface area contributed by atoms with Gasteiger partial charge < -0.3 is 5.32 Å². The molecule has 162 valence electrons. The van der Waals surface area contributed by atoms with Crippen molar-refractivity contribution in [1.29, 1.82) is 0 Å². The normalized spacial score (nSPS) is 15.0. The topological polar surface area (TPSA) is 69.7 Å². The molecule has 3 rings (SSSR count). The Kier molecular flexibility index (Phi) is 7.50. The molecule has 1 heterocycles. The predicted molar refractivity (Wildman–Crippen MR) is 121 cm³/mol. The minimum Gasteiger partial charge on any atom is -0.350 e. The van der Waals surface area contributed by atoms with Crippen LogP contribution in [0, 0.1) is 6.92 Å². The van der Waals surface area contributed by atoms with Crippen LogP contribution in [0.25, 0.3) is 0 Å². The third kappa shape index (κ3) is 6.31. The highest BCUT2D eigenvalue weighted by molar-refractivity contribution is 7.92. The van der Waals surface area contributed by atoms with Gasteiger partial charge in [-0.05, 0) is 61.7 Å². The average Bonchev–Trinajstić information content (AvgIpc) is 2.71. The first-order valence-electron chi connectivity index (χ1n) is 10.4. The Morgan fingerprint density at radius 3 is 2.40 bits per heavy atom. The van der Waals surface area contributed by atoms with Crippen molar-refractivity contribution in [3.63, 3.8) is 0 Å². The molecule has 0 aromatic heterocycles. The molecule has 0 spiro atoms. The van der Waals surface area contributed by atoms with Crippen LogP contribution in [-0.4, -0.2) is 45.1 Å². The fourth-order valence-corrected chi connectivity index (χ4v) is 4.65. The molecule has 30 heavy (non-hydrogen) atoms. The Labute approximate surface area is 179 Å². The van der Waals surface area contributed by atoms with Crippen LogP contribution >= 0.6 is 0 Å². The van der Waals surface area contributed by atoms with Crippen LogP contribution in [0.4, 0.5) is 5.69 Å². The van der Waals surface area contributed by atoms with Crippen LogP contribution in [0.15, 0.2) is 48.5 Å². The van der Waals surface area contributed by atoms with E-state index >= 15 is 0 Å². The molecule has 1 N–H and O–H groups in total. The van der Waals surface area contributed by atoms with E-state index in [9.17, 15) is 13.2 Å². The minimum absolute atomic E-state index is 0.240. The first-order valence-corrected chi connectivity index (χ1v) is 12.3. The Balaban J connectivity index is 1.65. The molecule has 0 saturated carbocycles. The zero-order valence-electron chi connectivity index (χ0n) is 17.8. The van der Waals surface area contributed by atoms with Crippen molar-refractivity contribution in [3.05, 3.63) is 65.2 Å². The maximum absolute atomic E-state index is 12.6. The van der Waals surface area contributed by atoms with Gasteiger partial charge in [-0.2, -0.15) is 0 Å². The number of sulfonamides is 1. The van der Waals surface area contributed by atoms with Crippen molar-refractivity contribution in [1.82, 2.24) is 10.2 Å². The van der Waals surface area contributed by atoms with Crippen LogP contribution in [-0.2, 0) is 27.9 Å². The molecule has 0 unspecified atom stereocenters. The van der Waals surface area contributed by atoms with Crippen molar-refractivity contribution in [2.45, 2.75) is 39.3 Å². The van der Waals surface area contributed by atoms with E-state index in [1.165, 1.54) is 24.8 Å². The molecule has 1 aliphatic rings. The molecule has 0 radical (unpaired) electrons. The van der Waals surface area contributed by atoms with Crippen LogP contribution in [0.1, 0.15) is 36.0 Å². The molecule has 1 aliphatic heterocycles. The molecule has 2 aromatic carbocycles. The van der Waals surface area contributed by atoms with Crippen molar-refractivity contribution >= 4 is 21.6 Å². The molecule has 6 nitrogen and oxygen atoms in total. The van der Waals surface area contributed by atoms with Crippen LogP contribution < -0.4 is 9.62 Å². The van der Waals surface area contributed by atoms with Gasteiger partial charge in [0.25, 0.3) is 0 Å². The number of aryl methyl sites for hydroxylation is 1. The number of hydrogen-bond acceptors (Lipinski definition) is 4. The summed E-state index contributed by atoms with van der Waals surface area (Å²) in [4.78, 5) is 15.1. The average molecular weight is 430 g/mol.